The second-order valence-corrected chi connectivity index (χ2v) is 5.31. The summed E-state index contributed by atoms with van der Waals surface area (Å²) in [5.74, 6) is 0.153. The van der Waals surface area contributed by atoms with Crippen LogP contribution in [0.15, 0.2) is 41.7 Å². The van der Waals surface area contributed by atoms with Crippen LogP contribution in [0.3, 0.4) is 0 Å². The van der Waals surface area contributed by atoms with Gasteiger partial charge in [0.2, 0.25) is 0 Å². The molecule has 0 amide bonds. The first-order valence-electron chi connectivity index (χ1n) is 5.14. The lowest BCUT2D eigenvalue weighted by molar-refractivity contribution is 0.601. The van der Waals surface area contributed by atoms with Gasteiger partial charge in [-0.15, -0.1) is 0 Å². The minimum Gasteiger partial charge on any atom is -0.398 e. The van der Waals surface area contributed by atoms with E-state index in [2.05, 4.69) is 14.7 Å². The van der Waals surface area contributed by atoms with Crippen molar-refractivity contribution in [3.63, 3.8) is 0 Å². The third-order valence-corrected chi connectivity index (χ3v) is 3.89. The van der Waals surface area contributed by atoms with Gasteiger partial charge in [-0.2, -0.15) is 0 Å². The van der Waals surface area contributed by atoms with E-state index in [0.717, 1.165) is 0 Å². The Morgan fingerprint density at radius 2 is 2.06 bits per heavy atom. The van der Waals surface area contributed by atoms with Gasteiger partial charge < -0.3 is 5.73 Å². The highest BCUT2D eigenvalue weighted by Gasteiger charge is 2.20. The van der Waals surface area contributed by atoms with Crippen LogP contribution in [0.25, 0.3) is 0 Å². The summed E-state index contributed by atoms with van der Waals surface area (Å²) in [7, 11) is -3.75. The topological polar surface area (TPSA) is 98.0 Å². The van der Waals surface area contributed by atoms with Crippen molar-refractivity contribution in [1.82, 2.24) is 9.97 Å². The van der Waals surface area contributed by atoms with E-state index in [9.17, 15) is 8.42 Å². The maximum absolute atomic E-state index is 12.2. The number of nitrogens with two attached hydrogens (primary N) is 1. The summed E-state index contributed by atoms with van der Waals surface area (Å²) >= 11 is 0. The third kappa shape index (κ3) is 2.40. The Kier molecular flexibility index (Phi) is 3.15. The van der Waals surface area contributed by atoms with Crippen molar-refractivity contribution in [3.05, 3.63) is 42.4 Å². The molecule has 0 fully saturated rings. The largest absolute Gasteiger partial charge is 0.398 e. The highest BCUT2D eigenvalue weighted by molar-refractivity contribution is 7.93. The predicted octanol–water partition coefficient (Wildman–Crippen LogP) is 1.17. The summed E-state index contributed by atoms with van der Waals surface area (Å²) in [6.45, 7) is 1.68. The first-order valence-corrected chi connectivity index (χ1v) is 6.63. The van der Waals surface area contributed by atoms with Gasteiger partial charge in [0.1, 0.15) is 4.90 Å². The molecule has 2 rings (SSSR count). The number of nitrogens with zero attached hydrogens (tertiary/aromatic N) is 2. The van der Waals surface area contributed by atoms with Crippen LogP contribution in [0.5, 0.6) is 0 Å². The van der Waals surface area contributed by atoms with Gasteiger partial charge in [-0.05, 0) is 18.6 Å². The van der Waals surface area contributed by atoms with Crippen molar-refractivity contribution in [3.8, 4) is 0 Å². The molecule has 0 radical (unpaired) electrons. The number of benzene rings is 1. The minimum absolute atomic E-state index is 0.0654. The zero-order chi connectivity index (χ0) is 13.2. The fraction of sp³-hybridized carbons (Fsp3) is 0.0909. The van der Waals surface area contributed by atoms with Crippen molar-refractivity contribution < 1.29 is 8.42 Å². The molecule has 18 heavy (non-hydrogen) atoms. The van der Waals surface area contributed by atoms with Crippen molar-refractivity contribution in [2.45, 2.75) is 11.8 Å². The molecule has 1 aromatic heterocycles. The fourth-order valence-electron chi connectivity index (χ4n) is 1.58. The average Bonchev–Trinajstić information content (AvgIpc) is 2.28. The smallest absolute Gasteiger partial charge is 0.265 e. The Labute approximate surface area is 105 Å². The van der Waals surface area contributed by atoms with Gasteiger partial charge in [0.05, 0.1) is 11.9 Å². The number of hydrogen-bond donors (Lipinski definition) is 2. The number of nitrogens with one attached hydrogen (secondary N) is 1. The van der Waals surface area contributed by atoms with Crippen molar-refractivity contribution in [2.24, 2.45) is 0 Å². The summed E-state index contributed by atoms with van der Waals surface area (Å²) in [5.41, 5.74) is 6.48. The van der Waals surface area contributed by atoms with E-state index < -0.39 is 10.0 Å². The monoisotopic (exact) mass is 264 g/mol. The lowest BCUT2D eigenvalue weighted by atomic mass is 10.2. The van der Waals surface area contributed by atoms with Crippen molar-refractivity contribution >= 4 is 21.5 Å². The van der Waals surface area contributed by atoms with Gasteiger partial charge in [-0.25, -0.2) is 13.4 Å². The summed E-state index contributed by atoms with van der Waals surface area (Å²) in [4.78, 5) is 7.71. The minimum atomic E-state index is -3.75. The quantitative estimate of drug-likeness (QED) is 0.811. The Morgan fingerprint density at radius 1 is 1.28 bits per heavy atom. The normalized spacial score (nSPS) is 11.2. The average molecular weight is 264 g/mol. The number of rotatable bonds is 3. The molecule has 0 aliphatic rings. The van der Waals surface area contributed by atoms with Crippen LogP contribution in [0, 0.1) is 6.92 Å². The van der Waals surface area contributed by atoms with Gasteiger partial charge in [0.25, 0.3) is 10.0 Å². The molecule has 0 spiro atoms. The Morgan fingerprint density at radius 3 is 2.67 bits per heavy atom. The maximum Gasteiger partial charge on any atom is 0.265 e. The SMILES string of the molecule is Cc1cccc(N)c1S(=O)(=O)Nc1cnccn1. The number of anilines is 2. The number of aryl methyl sites for hydroxylation is 1. The van der Waals surface area contributed by atoms with E-state index in [1.807, 2.05) is 0 Å². The molecule has 0 bridgehead atoms. The molecular weight excluding hydrogens is 252 g/mol. The van der Waals surface area contributed by atoms with E-state index >= 15 is 0 Å². The molecule has 0 saturated carbocycles. The Balaban J connectivity index is 2.44. The highest BCUT2D eigenvalue weighted by Crippen LogP contribution is 2.23. The first kappa shape index (κ1) is 12.3. The van der Waals surface area contributed by atoms with Crippen LogP contribution in [-0.2, 0) is 10.0 Å². The summed E-state index contributed by atoms with van der Waals surface area (Å²) < 4.78 is 26.7. The Hall–Kier alpha value is -2.15. The number of nitrogen functional groups attached to an aromatic ring is 1. The van der Waals surface area contributed by atoms with Crippen LogP contribution < -0.4 is 10.5 Å². The molecule has 0 aliphatic heterocycles. The number of hydrogen-bond acceptors (Lipinski definition) is 5. The predicted molar refractivity (Wildman–Crippen MR) is 68.4 cm³/mol. The van der Waals surface area contributed by atoms with E-state index in [1.54, 1.807) is 19.1 Å². The van der Waals surface area contributed by atoms with Gasteiger partial charge in [0.15, 0.2) is 5.82 Å². The summed E-state index contributed by atoms with van der Waals surface area (Å²) in [6, 6.07) is 4.92. The molecule has 0 saturated heterocycles. The lowest BCUT2D eigenvalue weighted by Crippen LogP contribution is -2.17. The van der Waals surface area contributed by atoms with Gasteiger partial charge in [-0.3, -0.25) is 9.71 Å². The highest BCUT2D eigenvalue weighted by atomic mass is 32.2. The number of sulfonamides is 1. The molecule has 94 valence electrons. The molecule has 0 aliphatic carbocycles. The summed E-state index contributed by atoms with van der Waals surface area (Å²) in [5, 5.41) is 0. The van der Waals surface area contributed by atoms with Crippen molar-refractivity contribution in [2.75, 3.05) is 10.5 Å². The second-order valence-electron chi connectivity index (χ2n) is 3.69. The van der Waals surface area contributed by atoms with Crippen LogP contribution >= 0.6 is 0 Å². The third-order valence-electron chi connectivity index (χ3n) is 2.31. The molecule has 2 aromatic rings. The van der Waals surface area contributed by atoms with Gasteiger partial charge >= 0.3 is 0 Å². The molecule has 6 nitrogen and oxygen atoms in total. The van der Waals surface area contributed by atoms with Gasteiger partial charge in [-0.1, -0.05) is 12.1 Å². The molecule has 3 N–H and O–H groups in total. The molecule has 7 heteroatoms. The lowest BCUT2D eigenvalue weighted by Gasteiger charge is -2.11. The first-order chi connectivity index (χ1) is 8.50. The molecule has 0 unspecified atom stereocenters. The van der Waals surface area contributed by atoms with Gasteiger partial charge in [0, 0.05) is 12.4 Å². The Bertz CT molecular complexity index is 636. The zero-order valence-corrected chi connectivity index (χ0v) is 10.5. The fourth-order valence-corrected chi connectivity index (χ4v) is 2.94. The molecular formula is C11H12N4O2S. The van der Waals surface area contributed by atoms with Crippen LogP contribution in [0.4, 0.5) is 11.5 Å². The number of aromatic nitrogens is 2. The van der Waals surface area contributed by atoms with E-state index in [4.69, 9.17) is 5.73 Å². The van der Waals surface area contributed by atoms with Crippen LogP contribution in [0.2, 0.25) is 0 Å². The van der Waals surface area contributed by atoms with Crippen LogP contribution in [-0.4, -0.2) is 18.4 Å². The second kappa shape index (κ2) is 4.61. The standard InChI is InChI=1S/C11H12N4O2S/c1-8-3-2-4-9(12)11(8)18(16,17)15-10-7-13-5-6-14-10/h2-7H,12H2,1H3,(H,14,15). The zero-order valence-electron chi connectivity index (χ0n) is 9.66. The van der Waals surface area contributed by atoms with E-state index in [0.29, 0.717) is 5.56 Å². The van der Waals surface area contributed by atoms with Crippen molar-refractivity contribution in [1.29, 1.82) is 0 Å². The van der Waals surface area contributed by atoms with E-state index in [1.165, 1.54) is 24.7 Å². The molecule has 1 heterocycles. The molecule has 0 atom stereocenters. The van der Waals surface area contributed by atoms with E-state index in [-0.39, 0.29) is 16.4 Å². The summed E-state index contributed by atoms with van der Waals surface area (Å²) in [6.07, 6.45) is 4.19. The van der Waals surface area contributed by atoms with Crippen LogP contribution in [0.1, 0.15) is 5.56 Å². The molecule has 1 aromatic carbocycles. The maximum atomic E-state index is 12.2.